The van der Waals surface area contributed by atoms with Crippen LogP contribution in [0.2, 0.25) is 5.02 Å². The lowest BCUT2D eigenvalue weighted by atomic mass is 10.3. The molecule has 5 heteroatoms. The van der Waals surface area contributed by atoms with Crippen LogP contribution in [-0.4, -0.2) is 12.1 Å². The van der Waals surface area contributed by atoms with Crippen molar-refractivity contribution in [2.75, 3.05) is 10.9 Å². The summed E-state index contributed by atoms with van der Waals surface area (Å²) < 4.78 is 0. The minimum absolute atomic E-state index is 0.178. The van der Waals surface area contributed by atoms with E-state index in [1.54, 1.807) is 18.2 Å². The van der Waals surface area contributed by atoms with Crippen LogP contribution >= 0.6 is 23.2 Å². The summed E-state index contributed by atoms with van der Waals surface area (Å²) in [4.78, 5) is 11.4. The molecule has 1 aromatic rings. The molecule has 1 amide bonds. The molecule has 0 heterocycles. The summed E-state index contributed by atoms with van der Waals surface area (Å²) in [7, 11) is 0. The van der Waals surface area contributed by atoms with Crippen molar-refractivity contribution in [1.29, 1.82) is 0 Å². The largest absolute Gasteiger partial charge is 0.530 e. The van der Waals surface area contributed by atoms with Gasteiger partial charge >= 0.3 is 0 Å². The van der Waals surface area contributed by atoms with Gasteiger partial charge in [0.15, 0.2) is 0 Å². The van der Waals surface area contributed by atoms with E-state index < -0.39 is 6.09 Å². The first-order valence-electron chi connectivity index (χ1n) is 3.45. The number of rotatable bonds is 2. The Labute approximate surface area is 85.5 Å². The van der Waals surface area contributed by atoms with Gasteiger partial charge in [-0.15, -0.1) is 11.6 Å². The number of hydrogen-bond donors (Lipinski definition) is 0. The lowest BCUT2D eigenvalue weighted by molar-refractivity contribution is -0.246. The fourth-order valence-electron chi connectivity index (χ4n) is 0.867. The van der Waals surface area contributed by atoms with Crippen molar-refractivity contribution >= 4 is 35.0 Å². The molecule has 0 aliphatic rings. The van der Waals surface area contributed by atoms with Crippen molar-refractivity contribution in [3.8, 4) is 0 Å². The topological polar surface area (TPSA) is 43.4 Å². The molecule has 70 valence electrons. The van der Waals surface area contributed by atoms with E-state index in [2.05, 4.69) is 0 Å². The van der Waals surface area contributed by atoms with Crippen molar-refractivity contribution in [2.45, 2.75) is 0 Å². The standard InChI is InChI=1S/C8H7Cl2NO2/c9-5-11(8(12)13)7-3-1-2-6(10)4-7/h1-4H,5H2,(H,12,13)/p-1. The van der Waals surface area contributed by atoms with Crippen LogP contribution in [0, 0.1) is 0 Å². The molecule has 0 fully saturated rings. The number of benzene rings is 1. The lowest BCUT2D eigenvalue weighted by Crippen LogP contribution is -2.40. The third-order valence-electron chi connectivity index (χ3n) is 1.46. The van der Waals surface area contributed by atoms with Crippen LogP contribution in [-0.2, 0) is 0 Å². The highest BCUT2D eigenvalue weighted by Gasteiger charge is 2.05. The van der Waals surface area contributed by atoms with Crippen molar-refractivity contribution in [3.63, 3.8) is 0 Å². The summed E-state index contributed by atoms with van der Waals surface area (Å²) in [5.41, 5.74) is 0.405. The van der Waals surface area contributed by atoms with E-state index in [9.17, 15) is 9.90 Å². The van der Waals surface area contributed by atoms with Gasteiger partial charge in [0, 0.05) is 10.7 Å². The Morgan fingerprint density at radius 2 is 2.23 bits per heavy atom. The van der Waals surface area contributed by atoms with Gasteiger partial charge in [0.05, 0.1) is 6.00 Å². The maximum absolute atomic E-state index is 10.5. The van der Waals surface area contributed by atoms with E-state index in [1.807, 2.05) is 0 Å². The van der Waals surface area contributed by atoms with Crippen molar-refractivity contribution in [1.82, 2.24) is 0 Å². The number of anilines is 1. The molecule has 0 aliphatic carbocycles. The van der Waals surface area contributed by atoms with E-state index in [0.717, 1.165) is 4.90 Å². The molecular formula is C8H6Cl2NO2-. The highest BCUT2D eigenvalue weighted by Crippen LogP contribution is 2.19. The van der Waals surface area contributed by atoms with E-state index >= 15 is 0 Å². The minimum Gasteiger partial charge on any atom is -0.530 e. The molecule has 0 bridgehead atoms. The number of hydrogen-bond acceptors (Lipinski definition) is 2. The van der Waals surface area contributed by atoms with Gasteiger partial charge < -0.3 is 14.8 Å². The Morgan fingerprint density at radius 3 is 2.69 bits per heavy atom. The summed E-state index contributed by atoms with van der Waals surface area (Å²) in [6.45, 7) is 0. The zero-order valence-corrected chi connectivity index (χ0v) is 8.05. The molecule has 13 heavy (non-hydrogen) atoms. The summed E-state index contributed by atoms with van der Waals surface area (Å²) in [6.07, 6.45) is -1.35. The average Bonchev–Trinajstić information content (AvgIpc) is 2.04. The molecule has 1 aromatic carbocycles. The maximum Gasteiger partial charge on any atom is 0.142 e. The number of halogens is 2. The van der Waals surface area contributed by atoms with E-state index in [1.165, 1.54) is 6.07 Å². The normalized spacial score (nSPS) is 9.69. The van der Waals surface area contributed by atoms with Gasteiger partial charge in [0.2, 0.25) is 0 Å². The van der Waals surface area contributed by atoms with Gasteiger partial charge in [-0.1, -0.05) is 17.7 Å². The molecule has 0 saturated carbocycles. The third kappa shape index (κ3) is 2.50. The minimum atomic E-state index is -1.35. The summed E-state index contributed by atoms with van der Waals surface area (Å²) in [5, 5.41) is 11.0. The zero-order valence-electron chi connectivity index (χ0n) is 6.54. The summed E-state index contributed by atoms with van der Waals surface area (Å²) in [5.74, 6) is 0. The van der Waals surface area contributed by atoms with Gasteiger partial charge in [0.1, 0.15) is 6.09 Å². The SMILES string of the molecule is O=C([O-])N(CCl)c1cccc(Cl)c1. The van der Waals surface area contributed by atoms with Gasteiger partial charge in [-0.2, -0.15) is 0 Å². The molecule has 0 aromatic heterocycles. The average molecular weight is 219 g/mol. The van der Waals surface area contributed by atoms with Crippen molar-refractivity contribution < 1.29 is 9.90 Å². The predicted octanol–water partition coefficient (Wildman–Crippen LogP) is 1.69. The fraction of sp³-hybridized carbons (Fsp3) is 0.125. The predicted molar refractivity (Wildman–Crippen MR) is 50.0 cm³/mol. The third-order valence-corrected chi connectivity index (χ3v) is 1.93. The van der Waals surface area contributed by atoms with Crippen LogP contribution < -0.4 is 10.0 Å². The monoisotopic (exact) mass is 218 g/mol. The van der Waals surface area contributed by atoms with Crippen molar-refractivity contribution in [2.24, 2.45) is 0 Å². The molecule has 3 nitrogen and oxygen atoms in total. The van der Waals surface area contributed by atoms with Crippen LogP contribution in [0.3, 0.4) is 0 Å². The molecule has 0 radical (unpaired) electrons. The molecule has 0 atom stereocenters. The Hall–Kier alpha value is -0.930. The highest BCUT2D eigenvalue weighted by atomic mass is 35.5. The van der Waals surface area contributed by atoms with Crippen LogP contribution in [0.4, 0.5) is 10.5 Å². The first kappa shape index (κ1) is 10.2. The number of amides is 1. The van der Waals surface area contributed by atoms with E-state index in [0.29, 0.717) is 10.7 Å². The number of carbonyl (C=O) groups excluding carboxylic acids is 1. The number of alkyl halides is 1. The first-order chi connectivity index (χ1) is 6.15. The van der Waals surface area contributed by atoms with Crippen LogP contribution in [0.25, 0.3) is 0 Å². The van der Waals surface area contributed by atoms with Gasteiger partial charge in [0.25, 0.3) is 0 Å². The van der Waals surface area contributed by atoms with Gasteiger partial charge in [-0.3, -0.25) is 0 Å². The highest BCUT2D eigenvalue weighted by molar-refractivity contribution is 6.31. The van der Waals surface area contributed by atoms with Gasteiger partial charge in [-0.25, -0.2) is 0 Å². The molecule has 0 aliphatic heterocycles. The number of carboxylic acid groups (broad SMARTS) is 1. The Morgan fingerprint density at radius 1 is 1.54 bits per heavy atom. The van der Waals surface area contributed by atoms with Crippen LogP contribution in [0.15, 0.2) is 24.3 Å². The van der Waals surface area contributed by atoms with E-state index in [4.69, 9.17) is 23.2 Å². The van der Waals surface area contributed by atoms with Gasteiger partial charge in [-0.05, 0) is 18.2 Å². The summed E-state index contributed by atoms with van der Waals surface area (Å²) >= 11 is 11.1. The molecule has 0 spiro atoms. The second-order valence-corrected chi connectivity index (χ2v) is 2.97. The van der Waals surface area contributed by atoms with Crippen LogP contribution in [0.5, 0.6) is 0 Å². The fourth-order valence-corrected chi connectivity index (χ4v) is 1.29. The second kappa shape index (κ2) is 4.35. The lowest BCUT2D eigenvalue weighted by Gasteiger charge is -2.22. The number of nitrogens with zero attached hydrogens (tertiary/aromatic N) is 1. The molecule has 0 N–H and O–H groups in total. The summed E-state index contributed by atoms with van der Waals surface area (Å²) in [6, 6.07) is 6.19. The molecule has 0 saturated heterocycles. The van der Waals surface area contributed by atoms with Crippen LogP contribution in [0.1, 0.15) is 0 Å². The molecule has 1 rings (SSSR count). The first-order valence-corrected chi connectivity index (χ1v) is 4.36. The molecular weight excluding hydrogens is 213 g/mol. The molecule has 0 unspecified atom stereocenters. The quantitative estimate of drug-likeness (QED) is 0.561. The zero-order chi connectivity index (χ0) is 9.84. The second-order valence-electron chi connectivity index (χ2n) is 2.29. The van der Waals surface area contributed by atoms with Crippen molar-refractivity contribution in [3.05, 3.63) is 29.3 Å². The maximum atomic E-state index is 10.5. The van der Waals surface area contributed by atoms with E-state index in [-0.39, 0.29) is 6.00 Å². The Balaban J connectivity index is 2.98. The Kier molecular flexibility index (Phi) is 3.39. The number of carbonyl (C=O) groups is 1. The smallest absolute Gasteiger partial charge is 0.142 e. The Bertz CT molecular complexity index is 317.